The Morgan fingerprint density at radius 3 is 2.48 bits per heavy atom. The quantitative estimate of drug-likeness (QED) is 0.923. The molecule has 0 fully saturated rings. The summed E-state index contributed by atoms with van der Waals surface area (Å²) in [5, 5.41) is 9.00. The minimum absolute atomic E-state index is 0.152. The second kappa shape index (κ2) is 5.95. The Hall–Kier alpha value is -2.36. The maximum Gasteiger partial charge on any atom is 0.335 e. The molecule has 0 aliphatic rings. The first-order valence-electron chi connectivity index (χ1n) is 6.73. The van der Waals surface area contributed by atoms with E-state index in [0.717, 1.165) is 11.3 Å². The van der Waals surface area contributed by atoms with Gasteiger partial charge in [-0.05, 0) is 43.7 Å². The highest BCUT2D eigenvalue weighted by atomic mass is 19.1. The fourth-order valence-corrected chi connectivity index (χ4v) is 2.42. The number of hydrogen-bond acceptors (Lipinski definition) is 2. The Morgan fingerprint density at radius 2 is 1.90 bits per heavy atom. The highest BCUT2D eigenvalue weighted by molar-refractivity contribution is 5.88. The maximum atomic E-state index is 13.9. The van der Waals surface area contributed by atoms with E-state index in [-0.39, 0.29) is 17.4 Å². The lowest BCUT2D eigenvalue weighted by Gasteiger charge is -2.29. The van der Waals surface area contributed by atoms with E-state index >= 15 is 0 Å². The lowest BCUT2D eigenvalue weighted by atomic mass is 10.0. The summed E-state index contributed by atoms with van der Waals surface area (Å²) in [6, 6.07) is 11.5. The second-order valence-corrected chi connectivity index (χ2v) is 5.11. The van der Waals surface area contributed by atoms with Gasteiger partial charge in [-0.1, -0.05) is 18.2 Å². The van der Waals surface area contributed by atoms with Crippen molar-refractivity contribution in [2.45, 2.75) is 19.9 Å². The summed E-state index contributed by atoms with van der Waals surface area (Å²) in [4.78, 5) is 12.9. The van der Waals surface area contributed by atoms with Crippen molar-refractivity contribution in [3.63, 3.8) is 0 Å². The van der Waals surface area contributed by atoms with Crippen molar-refractivity contribution in [1.82, 2.24) is 0 Å². The summed E-state index contributed by atoms with van der Waals surface area (Å²) in [5.41, 5.74) is 2.60. The number of aryl methyl sites for hydroxylation is 1. The van der Waals surface area contributed by atoms with Crippen molar-refractivity contribution < 1.29 is 14.3 Å². The van der Waals surface area contributed by atoms with E-state index < -0.39 is 5.97 Å². The SMILES string of the molecule is Cc1cc(C(=O)O)ccc1N(C)C(C)c1ccccc1F. The molecule has 1 unspecified atom stereocenters. The van der Waals surface area contributed by atoms with Gasteiger partial charge in [0.05, 0.1) is 11.6 Å². The first-order valence-corrected chi connectivity index (χ1v) is 6.73. The molecule has 0 saturated heterocycles. The largest absolute Gasteiger partial charge is 0.478 e. The van der Waals surface area contributed by atoms with Gasteiger partial charge in [0, 0.05) is 18.3 Å². The number of hydrogen-bond donors (Lipinski definition) is 1. The molecule has 0 spiro atoms. The number of benzene rings is 2. The molecule has 110 valence electrons. The molecule has 2 aromatic carbocycles. The highest BCUT2D eigenvalue weighted by Crippen LogP contribution is 2.29. The van der Waals surface area contributed by atoms with Crippen molar-refractivity contribution in [2.75, 3.05) is 11.9 Å². The number of carboxylic acids is 1. The van der Waals surface area contributed by atoms with Crippen LogP contribution in [0.4, 0.5) is 10.1 Å². The van der Waals surface area contributed by atoms with Crippen LogP contribution in [0, 0.1) is 12.7 Å². The molecular weight excluding hydrogens is 269 g/mol. The van der Waals surface area contributed by atoms with Crippen molar-refractivity contribution in [1.29, 1.82) is 0 Å². The van der Waals surface area contributed by atoms with Crippen LogP contribution in [0.5, 0.6) is 0 Å². The van der Waals surface area contributed by atoms with Gasteiger partial charge in [0.1, 0.15) is 5.82 Å². The number of rotatable bonds is 4. The minimum atomic E-state index is -0.950. The summed E-state index contributed by atoms with van der Waals surface area (Å²) in [6.07, 6.45) is 0. The molecule has 0 heterocycles. The minimum Gasteiger partial charge on any atom is -0.478 e. The lowest BCUT2D eigenvalue weighted by Crippen LogP contribution is -2.23. The van der Waals surface area contributed by atoms with Crippen LogP contribution in [0.15, 0.2) is 42.5 Å². The number of halogens is 1. The molecule has 2 aromatic rings. The van der Waals surface area contributed by atoms with Gasteiger partial charge in [0.15, 0.2) is 0 Å². The van der Waals surface area contributed by atoms with E-state index in [4.69, 9.17) is 5.11 Å². The Bertz CT molecular complexity index is 670. The third-order valence-electron chi connectivity index (χ3n) is 3.76. The molecule has 21 heavy (non-hydrogen) atoms. The van der Waals surface area contributed by atoms with Crippen LogP contribution in [-0.4, -0.2) is 18.1 Å². The van der Waals surface area contributed by atoms with Crippen LogP contribution in [0.2, 0.25) is 0 Å². The van der Waals surface area contributed by atoms with Crippen molar-refractivity contribution in [3.8, 4) is 0 Å². The fourth-order valence-electron chi connectivity index (χ4n) is 2.42. The van der Waals surface area contributed by atoms with Gasteiger partial charge in [-0.25, -0.2) is 9.18 Å². The molecule has 0 aromatic heterocycles. The van der Waals surface area contributed by atoms with Crippen molar-refractivity contribution in [3.05, 3.63) is 65.0 Å². The average molecular weight is 287 g/mol. The zero-order valence-electron chi connectivity index (χ0n) is 12.3. The van der Waals surface area contributed by atoms with Gasteiger partial charge in [-0.3, -0.25) is 0 Å². The maximum absolute atomic E-state index is 13.9. The van der Waals surface area contributed by atoms with Crippen LogP contribution in [-0.2, 0) is 0 Å². The van der Waals surface area contributed by atoms with E-state index in [0.29, 0.717) is 5.56 Å². The normalized spacial score (nSPS) is 12.0. The van der Waals surface area contributed by atoms with Gasteiger partial charge in [0.2, 0.25) is 0 Å². The third-order valence-corrected chi connectivity index (χ3v) is 3.76. The molecule has 0 bridgehead atoms. The second-order valence-electron chi connectivity index (χ2n) is 5.11. The first-order chi connectivity index (χ1) is 9.91. The molecular formula is C17H18FNO2. The zero-order valence-corrected chi connectivity index (χ0v) is 12.3. The highest BCUT2D eigenvalue weighted by Gasteiger charge is 2.17. The van der Waals surface area contributed by atoms with Crippen LogP contribution >= 0.6 is 0 Å². The van der Waals surface area contributed by atoms with Gasteiger partial charge in [0.25, 0.3) is 0 Å². The molecule has 1 N–H and O–H groups in total. The Labute approximate surface area is 123 Å². The Kier molecular flexibility index (Phi) is 4.26. The standard InChI is InChI=1S/C17H18FNO2/c1-11-10-13(17(20)21)8-9-16(11)19(3)12(2)14-6-4-5-7-15(14)18/h4-10,12H,1-3H3,(H,20,21). The summed E-state index contributed by atoms with van der Waals surface area (Å²) >= 11 is 0. The molecule has 2 rings (SSSR count). The van der Waals surface area contributed by atoms with E-state index in [9.17, 15) is 9.18 Å². The predicted molar refractivity (Wildman–Crippen MR) is 81.4 cm³/mol. The van der Waals surface area contributed by atoms with Crippen LogP contribution in [0.3, 0.4) is 0 Å². The van der Waals surface area contributed by atoms with Gasteiger partial charge >= 0.3 is 5.97 Å². The van der Waals surface area contributed by atoms with E-state index in [1.165, 1.54) is 6.07 Å². The summed E-state index contributed by atoms with van der Waals surface area (Å²) < 4.78 is 13.9. The molecule has 3 nitrogen and oxygen atoms in total. The van der Waals surface area contributed by atoms with Crippen molar-refractivity contribution >= 4 is 11.7 Å². The van der Waals surface area contributed by atoms with E-state index in [1.807, 2.05) is 31.9 Å². The fraction of sp³-hybridized carbons (Fsp3) is 0.235. The predicted octanol–water partition coefficient (Wildman–Crippen LogP) is 4.03. The molecule has 0 aliphatic carbocycles. The molecule has 1 atom stereocenters. The number of carbonyl (C=O) groups is 1. The molecule has 0 aliphatic heterocycles. The number of nitrogens with zero attached hydrogens (tertiary/aromatic N) is 1. The van der Waals surface area contributed by atoms with Gasteiger partial charge in [-0.2, -0.15) is 0 Å². The molecule has 0 radical (unpaired) electrons. The Morgan fingerprint density at radius 1 is 1.24 bits per heavy atom. The lowest BCUT2D eigenvalue weighted by molar-refractivity contribution is 0.0697. The number of anilines is 1. The molecule has 0 saturated carbocycles. The van der Waals surface area contributed by atoms with Crippen LogP contribution < -0.4 is 4.90 Å². The van der Waals surface area contributed by atoms with Crippen LogP contribution in [0.1, 0.15) is 34.5 Å². The first kappa shape index (κ1) is 15.0. The van der Waals surface area contributed by atoms with Gasteiger partial charge in [-0.15, -0.1) is 0 Å². The monoisotopic (exact) mass is 287 g/mol. The van der Waals surface area contributed by atoms with E-state index in [1.54, 1.807) is 30.3 Å². The summed E-state index contributed by atoms with van der Waals surface area (Å²) in [5.74, 6) is -1.19. The van der Waals surface area contributed by atoms with Gasteiger partial charge < -0.3 is 10.0 Å². The average Bonchev–Trinajstić information content (AvgIpc) is 2.46. The smallest absolute Gasteiger partial charge is 0.335 e. The summed E-state index contributed by atoms with van der Waals surface area (Å²) in [7, 11) is 1.87. The van der Waals surface area contributed by atoms with Crippen LogP contribution in [0.25, 0.3) is 0 Å². The topological polar surface area (TPSA) is 40.5 Å². The number of carboxylic acid groups (broad SMARTS) is 1. The van der Waals surface area contributed by atoms with Crippen molar-refractivity contribution in [2.24, 2.45) is 0 Å². The summed E-state index contributed by atoms with van der Waals surface area (Å²) in [6.45, 7) is 3.77. The Balaban J connectivity index is 2.34. The zero-order chi connectivity index (χ0) is 15.6. The third kappa shape index (κ3) is 3.05. The molecule has 4 heteroatoms. The molecule has 0 amide bonds. The number of aromatic carboxylic acids is 1. The van der Waals surface area contributed by atoms with E-state index in [2.05, 4.69) is 0 Å².